The predicted octanol–water partition coefficient (Wildman–Crippen LogP) is 1.39. The number of anilines is 2. The first kappa shape index (κ1) is 15.8. The number of benzene rings is 1. The van der Waals surface area contributed by atoms with E-state index in [2.05, 4.69) is 20.0 Å². The maximum absolute atomic E-state index is 11.3. The Morgan fingerprint density at radius 3 is 2.21 bits per heavy atom. The quantitative estimate of drug-likeness (QED) is 0.880. The van der Waals surface area contributed by atoms with E-state index in [0.717, 1.165) is 37.0 Å². The molecule has 0 spiro atoms. The first-order chi connectivity index (χ1) is 11.5. The Kier molecular flexibility index (Phi) is 3.93. The van der Waals surface area contributed by atoms with Gasteiger partial charge in [0, 0.05) is 37.8 Å². The highest BCUT2D eigenvalue weighted by Gasteiger charge is 2.29. The van der Waals surface area contributed by atoms with Gasteiger partial charge >= 0.3 is 0 Å². The molecule has 0 bridgehead atoms. The smallest absolute Gasteiger partial charge is 0.238 e. The second-order valence-electron chi connectivity index (χ2n) is 6.21. The van der Waals surface area contributed by atoms with Gasteiger partial charge in [0.25, 0.3) is 0 Å². The van der Waals surface area contributed by atoms with Gasteiger partial charge in [-0.05, 0) is 37.1 Å². The van der Waals surface area contributed by atoms with Crippen LogP contribution in [0.1, 0.15) is 23.8 Å². The van der Waals surface area contributed by atoms with Crippen LogP contribution in [0, 0.1) is 0 Å². The minimum Gasteiger partial charge on any atom is -0.368 e. The van der Waals surface area contributed by atoms with Gasteiger partial charge in [-0.2, -0.15) is 0 Å². The first-order valence-corrected chi connectivity index (χ1v) is 10.3. The summed E-state index contributed by atoms with van der Waals surface area (Å²) in [6, 6.07) is 6.74. The monoisotopic (exact) mass is 365 g/mol. The van der Waals surface area contributed by atoms with Crippen molar-refractivity contribution in [2.75, 3.05) is 36.0 Å². The molecule has 2 heterocycles. The molecular formula is C15H19N5O2S2. The third-order valence-electron chi connectivity index (χ3n) is 4.44. The molecule has 2 fully saturated rings. The van der Waals surface area contributed by atoms with Crippen molar-refractivity contribution in [3.63, 3.8) is 0 Å². The number of primary sulfonamides is 1. The lowest BCUT2D eigenvalue weighted by Crippen LogP contribution is -2.46. The molecule has 2 N–H and O–H groups in total. The third-order valence-corrected chi connectivity index (χ3v) is 6.51. The largest absolute Gasteiger partial charge is 0.368 e. The van der Waals surface area contributed by atoms with Gasteiger partial charge in [-0.3, -0.25) is 0 Å². The Balaban J connectivity index is 1.40. The van der Waals surface area contributed by atoms with E-state index < -0.39 is 10.0 Å². The van der Waals surface area contributed by atoms with Crippen LogP contribution in [0.5, 0.6) is 0 Å². The van der Waals surface area contributed by atoms with Gasteiger partial charge in [-0.25, -0.2) is 13.6 Å². The number of hydrogen-bond donors (Lipinski definition) is 1. The molecule has 128 valence electrons. The molecule has 1 aliphatic carbocycles. The van der Waals surface area contributed by atoms with Crippen LogP contribution in [0.15, 0.2) is 29.2 Å². The summed E-state index contributed by atoms with van der Waals surface area (Å²) in [4.78, 5) is 4.66. The number of nitrogens with two attached hydrogens (primary N) is 1. The first-order valence-electron chi connectivity index (χ1n) is 7.97. The Morgan fingerprint density at radius 1 is 1.00 bits per heavy atom. The molecule has 7 nitrogen and oxygen atoms in total. The normalized spacial score (nSPS) is 18.9. The molecule has 0 unspecified atom stereocenters. The zero-order chi connectivity index (χ0) is 16.7. The Bertz CT molecular complexity index is 822. The molecule has 24 heavy (non-hydrogen) atoms. The number of aromatic nitrogens is 2. The summed E-state index contributed by atoms with van der Waals surface area (Å²) < 4.78 is 22.6. The number of piperazine rings is 1. The third kappa shape index (κ3) is 3.24. The van der Waals surface area contributed by atoms with Crippen LogP contribution in [0.2, 0.25) is 0 Å². The number of nitrogens with zero attached hydrogens (tertiary/aromatic N) is 4. The SMILES string of the molecule is NS(=O)(=O)c1ccc(N2CCN(c3nnc(C4CC4)s3)CC2)cc1. The molecule has 9 heteroatoms. The molecule has 4 rings (SSSR count). The van der Waals surface area contributed by atoms with Crippen LogP contribution in [0.3, 0.4) is 0 Å². The van der Waals surface area contributed by atoms with Crippen molar-refractivity contribution in [3.8, 4) is 0 Å². The molecule has 1 saturated carbocycles. The lowest BCUT2D eigenvalue weighted by atomic mass is 10.2. The standard InChI is InChI=1S/C15H19N5O2S2/c16-24(21,22)13-5-3-12(4-6-13)19-7-9-20(10-8-19)15-18-17-14(23-15)11-1-2-11/h3-6,11H,1-2,7-10H2,(H2,16,21,22). The Morgan fingerprint density at radius 2 is 1.62 bits per heavy atom. The van der Waals surface area contributed by atoms with E-state index >= 15 is 0 Å². The van der Waals surface area contributed by atoms with Crippen LogP contribution in [0.4, 0.5) is 10.8 Å². The van der Waals surface area contributed by atoms with E-state index in [4.69, 9.17) is 5.14 Å². The average molecular weight is 365 g/mol. The van der Waals surface area contributed by atoms with E-state index in [-0.39, 0.29) is 4.90 Å². The molecule has 0 atom stereocenters. The maximum atomic E-state index is 11.3. The van der Waals surface area contributed by atoms with Crippen LogP contribution in [0.25, 0.3) is 0 Å². The Hall–Kier alpha value is -1.71. The fourth-order valence-corrected chi connectivity index (χ4v) is 4.43. The topological polar surface area (TPSA) is 92.4 Å². The molecule has 2 aromatic rings. The lowest BCUT2D eigenvalue weighted by molar-refractivity contribution is 0.597. The second kappa shape index (κ2) is 5.98. The van der Waals surface area contributed by atoms with Crippen molar-refractivity contribution in [1.29, 1.82) is 0 Å². The van der Waals surface area contributed by atoms with Gasteiger partial charge in [0.15, 0.2) is 0 Å². The van der Waals surface area contributed by atoms with Gasteiger partial charge in [0.05, 0.1) is 4.90 Å². The van der Waals surface area contributed by atoms with Crippen molar-refractivity contribution in [3.05, 3.63) is 29.3 Å². The van der Waals surface area contributed by atoms with Crippen molar-refractivity contribution < 1.29 is 8.42 Å². The van der Waals surface area contributed by atoms with Gasteiger partial charge in [0.1, 0.15) is 5.01 Å². The Labute approximate surface area is 145 Å². The summed E-state index contributed by atoms with van der Waals surface area (Å²) in [6.07, 6.45) is 2.49. The summed E-state index contributed by atoms with van der Waals surface area (Å²) in [5.74, 6) is 0.648. The summed E-state index contributed by atoms with van der Waals surface area (Å²) >= 11 is 1.72. The highest BCUT2D eigenvalue weighted by Crippen LogP contribution is 2.42. The van der Waals surface area contributed by atoms with E-state index in [1.54, 1.807) is 23.5 Å². The average Bonchev–Trinajstić information content (AvgIpc) is 3.32. The van der Waals surface area contributed by atoms with Crippen molar-refractivity contribution in [1.82, 2.24) is 10.2 Å². The lowest BCUT2D eigenvalue weighted by Gasteiger charge is -2.35. The summed E-state index contributed by atoms with van der Waals surface area (Å²) in [5.41, 5.74) is 1.01. The minimum atomic E-state index is -3.64. The van der Waals surface area contributed by atoms with Crippen LogP contribution < -0.4 is 14.9 Å². The van der Waals surface area contributed by atoms with E-state index in [9.17, 15) is 8.42 Å². The molecule has 1 saturated heterocycles. The van der Waals surface area contributed by atoms with Gasteiger partial charge in [-0.15, -0.1) is 10.2 Å². The molecule has 2 aliphatic rings. The van der Waals surface area contributed by atoms with Crippen molar-refractivity contribution in [2.45, 2.75) is 23.7 Å². The maximum Gasteiger partial charge on any atom is 0.238 e. The molecule has 1 aliphatic heterocycles. The zero-order valence-corrected chi connectivity index (χ0v) is 14.8. The van der Waals surface area contributed by atoms with Crippen LogP contribution >= 0.6 is 11.3 Å². The van der Waals surface area contributed by atoms with E-state index in [1.165, 1.54) is 17.8 Å². The van der Waals surface area contributed by atoms with Crippen LogP contribution in [-0.2, 0) is 10.0 Å². The predicted molar refractivity (Wildman–Crippen MR) is 94.1 cm³/mol. The van der Waals surface area contributed by atoms with E-state index in [0.29, 0.717) is 5.92 Å². The fraction of sp³-hybridized carbons (Fsp3) is 0.467. The molecule has 0 radical (unpaired) electrons. The molecular weight excluding hydrogens is 346 g/mol. The number of rotatable bonds is 4. The minimum absolute atomic E-state index is 0.145. The van der Waals surface area contributed by atoms with Crippen LogP contribution in [-0.4, -0.2) is 44.8 Å². The highest BCUT2D eigenvalue weighted by atomic mass is 32.2. The molecule has 1 aromatic carbocycles. The van der Waals surface area contributed by atoms with Crippen molar-refractivity contribution in [2.24, 2.45) is 5.14 Å². The van der Waals surface area contributed by atoms with E-state index in [1.807, 2.05) is 12.1 Å². The van der Waals surface area contributed by atoms with Gasteiger partial charge < -0.3 is 9.80 Å². The fourth-order valence-electron chi connectivity index (χ4n) is 2.85. The second-order valence-corrected chi connectivity index (χ2v) is 8.76. The highest BCUT2D eigenvalue weighted by molar-refractivity contribution is 7.89. The summed E-state index contributed by atoms with van der Waals surface area (Å²) in [5, 5.41) is 16.0. The van der Waals surface area contributed by atoms with Gasteiger partial charge in [0.2, 0.25) is 15.2 Å². The summed E-state index contributed by atoms with van der Waals surface area (Å²) in [6.45, 7) is 3.51. The summed E-state index contributed by atoms with van der Waals surface area (Å²) in [7, 11) is -3.64. The number of sulfonamides is 1. The number of hydrogen-bond acceptors (Lipinski definition) is 7. The zero-order valence-electron chi connectivity index (χ0n) is 13.1. The van der Waals surface area contributed by atoms with Gasteiger partial charge in [-0.1, -0.05) is 11.3 Å². The van der Waals surface area contributed by atoms with Crippen molar-refractivity contribution >= 4 is 32.2 Å². The molecule has 1 aromatic heterocycles. The molecule has 0 amide bonds.